The lowest BCUT2D eigenvalue weighted by molar-refractivity contribution is 0.0477. The van der Waals surface area contributed by atoms with Crippen molar-refractivity contribution >= 4 is 23.5 Å². The van der Waals surface area contributed by atoms with Crippen LogP contribution in [0.15, 0.2) is 6.07 Å². The maximum atomic E-state index is 12.3. The molecule has 1 aromatic rings. The normalized spacial score (nSPS) is 13.5. The molecule has 0 saturated carbocycles. The second-order valence-electron chi connectivity index (χ2n) is 4.89. The lowest BCUT2D eigenvalue weighted by Gasteiger charge is -2.22. The van der Waals surface area contributed by atoms with Crippen LogP contribution in [-0.4, -0.2) is 25.2 Å². The molecule has 114 valence electrons. The molecule has 0 spiro atoms. The van der Waals surface area contributed by atoms with Crippen molar-refractivity contribution in [3.8, 4) is 0 Å². The lowest BCUT2D eigenvalue weighted by atomic mass is 9.85. The van der Waals surface area contributed by atoms with E-state index in [1.54, 1.807) is 13.8 Å². The van der Waals surface area contributed by atoms with Crippen LogP contribution in [0.25, 0.3) is 0 Å². The summed E-state index contributed by atoms with van der Waals surface area (Å²) in [6, 6.07) is 1.54. The highest BCUT2D eigenvalue weighted by Gasteiger charge is 2.28. The van der Waals surface area contributed by atoms with Crippen LogP contribution in [0.4, 0.5) is 0 Å². The molecule has 2 rings (SSSR count). The van der Waals surface area contributed by atoms with Crippen LogP contribution >= 0.6 is 11.6 Å². The summed E-state index contributed by atoms with van der Waals surface area (Å²) in [6.07, 6.45) is 3.57. The van der Waals surface area contributed by atoms with Crippen molar-refractivity contribution in [1.82, 2.24) is 0 Å². The number of fused-ring (bicyclic) bond motifs is 1. The van der Waals surface area contributed by atoms with Gasteiger partial charge in [-0.3, -0.25) is 0 Å². The first kappa shape index (κ1) is 15.8. The summed E-state index contributed by atoms with van der Waals surface area (Å²) in [7, 11) is 0. The fraction of sp³-hybridized carbons (Fsp3) is 0.500. The predicted molar refractivity (Wildman–Crippen MR) is 80.0 cm³/mol. The Labute approximate surface area is 129 Å². The summed E-state index contributed by atoms with van der Waals surface area (Å²) in [5.74, 6) is -1.01. The molecule has 0 atom stereocenters. The third-order valence-electron chi connectivity index (χ3n) is 3.57. The smallest absolute Gasteiger partial charge is 0.339 e. The van der Waals surface area contributed by atoms with Gasteiger partial charge >= 0.3 is 11.9 Å². The molecular formula is C16H19ClO4. The Morgan fingerprint density at radius 2 is 1.62 bits per heavy atom. The van der Waals surface area contributed by atoms with Crippen LogP contribution < -0.4 is 0 Å². The standard InChI is InChI=1S/C16H19ClO4/c1-3-20-15(18)12-9-13(17)10-7-5-6-8-11(10)14(12)16(19)21-4-2/h9H,3-8H2,1-2H3. The van der Waals surface area contributed by atoms with E-state index < -0.39 is 11.9 Å². The molecule has 0 fully saturated rings. The minimum Gasteiger partial charge on any atom is -0.462 e. The molecule has 1 aromatic carbocycles. The van der Waals surface area contributed by atoms with E-state index in [9.17, 15) is 9.59 Å². The second kappa shape index (κ2) is 6.94. The first-order valence-electron chi connectivity index (χ1n) is 7.28. The van der Waals surface area contributed by atoms with Crippen molar-refractivity contribution in [2.24, 2.45) is 0 Å². The van der Waals surface area contributed by atoms with Crippen LogP contribution in [0.1, 0.15) is 58.5 Å². The Morgan fingerprint density at radius 1 is 1.05 bits per heavy atom. The van der Waals surface area contributed by atoms with Crippen molar-refractivity contribution in [1.29, 1.82) is 0 Å². The molecule has 0 aromatic heterocycles. The lowest BCUT2D eigenvalue weighted by Crippen LogP contribution is -2.20. The van der Waals surface area contributed by atoms with Gasteiger partial charge in [-0.2, -0.15) is 0 Å². The Bertz CT molecular complexity index is 566. The highest BCUT2D eigenvalue weighted by atomic mass is 35.5. The van der Waals surface area contributed by atoms with E-state index in [0.717, 1.165) is 36.8 Å². The largest absolute Gasteiger partial charge is 0.462 e. The zero-order valence-electron chi connectivity index (χ0n) is 12.3. The molecular weight excluding hydrogens is 292 g/mol. The molecule has 0 heterocycles. The number of hydrogen-bond acceptors (Lipinski definition) is 4. The van der Waals surface area contributed by atoms with Gasteiger partial charge in [-0.15, -0.1) is 0 Å². The Kier molecular flexibility index (Phi) is 5.23. The maximum Gasteiger partial charge on any atom is 0.339 e. The van der Waals surface area contributed by atoms with E-state index >= 15 is 0 Å². The summed E-state index contributed by atoms with van der Waals surface area (Å²) in [5.41, 5.74) is 2.34. The molecule has 0 aliphatic heterocycles. The van der Waals surface area contributed by atoms with E-state index in [2.05, 4.69) is 0 Å². The molecule has 5 heteroatoms. The zero-order valence-corrected chi connectivity index (χ0v) is 13.1. The average Bonchev–Trinajstić information content (AvgIpc) is 2.47. The minimum atomic E-state index is -0.532. The van der Waals surface area contributed by atoms with E-state index in [-0.39, 0.29) is 18.8 Å². The third kappa shape index (κ3) is 3.21. The molecule has 1 aliphatic rings. The van der Waals surface area contributed by atoms with Crippen molar-refractivity contribution in [2.45, 2.75) is 39.5 Å². The number of rotatable bonds is 4. The first-order valence-corrected chi connectivity index (χ1v) is 7.66. The Balaban J connectivity index is 2.60. The molecule has 0 bridgehead atoms. The maximum absolute atomic E-state index is 12.3. The quantitative estimate of drug-likeness (QED) is 0.798. The van der Waals surface area contributed by atoms with E-state index in [4.69, 9.17) is 21.1 Å². The molecule has 4 nitrogen and oxygen atoms in total. The molecule has 0 saturated heterocycles. The van der Waals surface area contributed by atoms with Gasteiger partial charge in [-0.25, -0.2) is 9.59 Å². The number of halogens is 1. The number of ether oxygens (including phenoxy) is 2. The Morgan fingerprint density at radius 3 is 2.24 bits per heavy atom. The summed E-state index contributed by atoms with van der Waals surface area (Å²) in [5, 5.41) is 0.529. The number of carbonyl (C=O) groups is 2. The van der Waals surface area contributed by atoms with Crippen LogP contribution in [0.5, 0.6) is 0 Å². The van der Waals surface area contributed by atoms with Gasteiger partial charge in [0.05, 0.1) is 24.3 Å². The van der Waals surface area contributed by atoms with Crippen molar-refractivity contribution in [3.63, 3.8) is 0 Å². The molecule has 21 heavy (non-hydrogen) atoms. The van der Waals surface area contributed by atoms with Crippen LogP contribution in [0.2, 0.25) is 5.02 Å². The summed E-state index contributed by atoms with van der Waals surface area (Å²) >= 11 is 6.29. The number of esters is 2. The summed E-state index contributed by atoms with van der Waals surface area (Å²) in [6.45, 7) is 3.97. The summed E-state index contributed by atoms with van der Waals surface area (Å²) < 4.78 is 10.2. The molecule has 1 aliphatic carbocycles. The van der Waals surface area contributed by atoms with Gasteiger partial charge in [-0.1, -0.05) is 11.6 Å². The van der Waals surface area contributed by atoms with Gasteiger partial charge in [-0.05, 0) is 56.7 Å². The fourth-order valence-corrected chi connectivity index (χ4v) is 3.02. The van der Waals surface area contributed by atoms with Crippen LogP contribution in [0.3, 0.4) is 0 Å². The average molecular weight is 311 g/mol. The molecule has 0 unspecified atom stereocenters. The Hall–Kier alpha value is -1.55. The number of hydrogen-bond donors (Lipinski definition) is 0. The van der Waals surface area contributed by atoms with E-state index in [0.29, 0.717) is 10.6 Å². The molecule has 0 radical (unpaired) electrons. The third-order valence-corrected chi connectivity index (χ3v) is 3.91. The van der Waals surface area contributed by atoms with Crippen LogP contribution in [0, 0.1) is 0 Å². The topological polar surface area (TPSA) is 52.6 Å². The molecule has 0 N–H and O–H groups in total. The second-order valence-corrected chi connectivity index (χ2v) is 5.29. The predicted octanol–water partition coefficient (Wildman–Crippen LogP) is 3.57. The van der Waals surface area contributed by atoms with E-state index in [1.165, 1.54) is 6.07 Å². The number of benzene rings is 1. The fourth-order valence-electron chi connectivity index (χ4n) is 2.70. The van der Waals surface area contributed by atoms with Gasteiger partial charge in [0.15, 0.2) is 0 Å². The van der Waals surface area contributed by atoms with Gasteiger partial charge in [0.2, 0.25) is 0 Å². The monoisotopic (exact) mass is 310 g/mol. The van der Waals surface area contributed by atoms with Gasteiger partial charge in [0.25, 0.3) is 0 Å². The van der Waals surface area contributed by atoms with Gasteiger partial charge in [0, 0.05) is 5.02 Å². The van der Waals surface area contributed by atoms with Crippen LogP contribution in [-0.2, 0) is 22.3 Å². The van der Waals surface area contributed by atoms with Gasteiger partial charge in [0.1, 0.15) is 0 Å². The zero-order chi connectivity index (χ0) is 15.4. The van der Waals surface area contributed by atoms with Crippen molar-refractivity contribution < 1.29 is 19.1 Å². The first-order chi connectivity index (χ1) is 10.1. The highest BCUT2D eigenvalue weighted by molar-refractivity contribution is 6.32. The summed E-state index contributed by atoms with van der Waals surface area (Å²) in [4.78, 5) is 24.4. The van der Waals surface area contributed by atoms with Crippen molar-refractivity contribution in [2.75, 3.05) is 13.2 Å². The SMILES string of the molecule is CCOC(=O)c1cc(Cl)c2c(c1C(=O)OCC)CCCC2. The van der Waals surface area contributed by atoms with Gasteiger partial charge < -0.3 is 9.47 Å². The number of carbonyl (C=O) groups excluding carboxylic acids is 2. The van der Waals surface area contributed by atoms with Crippen molar-refractivity contribution in [3.05, 3.63) is 33.3 Å². The minimum absolute atomic E-state index is 0.209. The highest BCUT2D eigenvalue weighted by Crippen LogP contribution is 2.33. The van der Waals surface area contributed by atoms with E-state index in [1.807, 2.05) is 0 Å². The molecule has 0 amide bonds.